The molecule has 2 aliphatic rings. The molecule has 0 aromatic rings. The Balaban J connectivity index is 2.03. The molecule has 2 rings (SSSR count). The van der Waals surface area contributed by atoms with E-state index in [0.717, 1.165) is 6.42 Å². The molecule has 1 saturated carbocycles. The van der Waals surface area contributed by atoms with Crippen LogP contribution in [0.5, 0.6) is 0 Å². The Morgan fingerprint density at radius 2 is 2.07 bits per heavy atom. The van der Waals surface area contributed by atoms with Crippen molar-refractivity contribution >= 4 is 5.91 Å². The van der Waals surface area contributed by atoms with Crippen LogP contribution >= 0.6 is 0 Å². The monoisotopic (exact) mass is 196 g/mol. The molecule has 14 heavy (non-hydrogen) atoms. The third-order valence-electron chi connectivity index (χ3n) is 3.69. The third-order valence-corrected chi connectivity index (χ3v) is 3.69. The van der Waals surface area contributed by atoms with Gasteiger partial charge in [-0.05, 0) is 25.2 Å². The summed E-state index contributed by atoms with van der Waals surface area (Å²) in [5, 5.41) is 3.46. The number of hydrogen-bond donors (Lipinski definition) is 1. The fraction of sp³-hybridized carbons (Fsp3) is 0.909. The number of likely N-dealkylation sites (N-methyl/N-ethyl adjacent to an activating group) is 1. The van der Waals surface area contributed by atoms with Gasteiger partial charge in [0.15, 0.2) is 0 Å². The van der Waals surface area contributed by atoms with E-state index in [9.17, 15) is 4.79 Å². The van der Waals surface area contributed by atoms with Gasteiger partial charge in [-0.2, -0.15) is 0 Å². The van der Waals surface area contributed by atoms with E-state index in [2.05, 4.69) is 12.2 Å². The van der Waals surface area contributed by atoms with Crippen molar-refractivity contribution in [2.24, 2.45) is 5.92 Å². The Labute approximate surface area is 85.8 Å². The topological polar surface area (TPSA) is 32.3 Å². The number of amides is 1. The van der Waals surface area contributed by atoms with Gasteiger partial charge in [0.25, 0.3) is 0 Å². The molecule has 1 amide bonds. The highest BCUT2D eigenvalue weighted by molar-refractivity contribution is 5.84. The molecule has 1 aliphatic heterocycles. The van der Waals surface area contributed by atoms with Gasteiger partial charge in [-0.3, -0.25) is 10.1 Å². The zero-order chi connectivity index (χ0) is 10.1. The first-order valence-corrected chi connectivity index (χ1v) is 5.76. The Hall–Kier alpha value is -0.570. The van der Waals surface area contributed by atoms with Crippen molar-refractivity contribution in [2.45, 2.75) is 51.2 Å². The lowest BCUT2D eigenvalue weighted by molar-refractivity contribution is -0.129. The quantitative estimate of drug-likeness (QED) is 0.723. The van der Waals surface area contributed by atoms with Crippen LogP contribution in [0.3, 0.4) is 0 Å². The maximum absolute atomic E-state index is 11.8. The molecular weight excluding hydrogens is 176 g/mol. The zero-order valence-electron chi connectivity index (χ0n) is 9.12. The summed E-state index contributed by atoms with van der Waals surface area (Å²) in [5.74, 6) is 0.977. The summed E-state index contributed by atoms with van der Waals surface area (Å²) in [6.07, 6.45) is 6.46. The highest BCUT2D eigenvalue weighted by atomic mass is 16.2. The predicted octanol–water partition coefficient (Wildman–Crippen LogP) is 1.34. The fourth-order valence-electron chi connectivity index (χ4n) is 2.79. The van der Waals surface area contributed by atoms with E-state index >= 15 is 0 Å². The van der Waals surface area contributed by atoms with Crippen LogP contribution in [0, 0.1) is 5.92 Å². The molecule has 0 aromatic carbocycles. The van der Waals surface area contributed by atoms with Gasteiger partial charge >= 0.3 is 0 Å². The Kier molecular flexibility index (Phi) is 2.77. The summed E-state index contributed by atoms with van der Waals surface area (Å²) in [5.41, 5.74) is 0. The zero-order valence-corrected chi connectivity index (χ0v) is 9.12. The molecule has 80 valence electrons. The Morgan fingerprint density at radius 3 is 2.57 bits per heavy atom. The van der Waals surface area contributed by atoms with Crippen molar-refractivity contribution in [3.63, 3.8) is 0 Å². The average Bonchev–Trinajstić information content (AvgIpc) is 2.78. The van der Waals surface area contributed by atoms with Gasteiger partial charge in [0.1, 0.15) is 0 Å². The summed E-state index contributed by atoms with van der Waals surface area (Å²) in [6, 6.07) is 0.0746. The number of carbonyl (C=O) groups excluding carboxylic acids is 1. The van der Waals surface area contributed by atoms with E-state index in [4.69, 9.17) is 0 Å². The van der Waals surface area contributed by atoms with Crippen LogP contribution in [0.1, 0.15) is 39.0 Å². The molecule has 1 saturated heterocycles. The van der Waals surface area contributed by atoms with Crippen molar-refractivity contribution in [2.75, 3.05) is 7.05 Å². The smallest absolute Gasteiger partial charge is 0.240 e. The van der Waals surface area contributed by atoms with Gasteiger partial charge in [-0.25, -0.2) is 0 Å². The standard InChI is InChI=1S/C11H20N2O/c1-3-9-11(14)13(2)10(12-9)8-6-4-5-7-8/h8-10,12H,3-7H2,1-2H3. The minimum Gasteiger partial charge on any atom is -0.329 e. The Bertz CT molecular complexity index is 223. The third kappa shape index (κ3) is 1.54. The number of hydrogen-bond acceptors (Lipinski definition) is 2. The second kappa shape index (κ2) is 3.89. The second-order valence-electron chi connectivity index (χ2n) is 4.57. The van der Waals surface area contributed by atoms with Crippen molar-refractivity contribution in [1.82, 2.24) is 10.2 Å². The van der Waals surface area contributed by atoms with Gasteiger partial charge < -0.3 is 4.90 Å². The van der Waals surface area contributed by atoms with Crippen molar-refractivity contribution in [3.05, 3.63) is 0 Å². The highest BCUT2D eigenvalue weighted by Gasteiger charge is 2.40. The molecule has 0 radical (unpaired) electrons. The van der Waals surface area contributed by atoms with Gasteiger partial charge in [0.2, 0.25) is 5.91 Å². The van der Waals surface area contributed by atoms with Crippen LogP contribution in [0.15, 0.2) is 0 Å². The molecule has 2 atom stereocenters. The highest BCUT2D eigenvalue weighted by Crippen LogP contribution is 2.31. The summed E-state index contributed by atoms with van der Waals surface area (Å²) >= 11 is 0. The molecule has 0 spiro atoms. The number of rotatable bonds is 2. The maximum Gasteiger partial charge on any atom is 0.240 e. The molecule has 1 heterocycles. The lowest BCUT2D eigenvalue weighted by Crippen LogP contribution is -2.40. The summed E-state index contributed by atoms with van der Waals surface area (Å²) in [7, 11) is 1.94. The maximum atomic E-state index is 11.8. The summed E-state index contributed by atoms with van der Waals surface area (Å²) in [4.78, 5) is 13.7. The van der Waals surface area contributed by atoms with E-state index in [1.54, 1.807) is 0 Å². The van der Waals surface area contributed by atoms with Crippen LogP contribution in [0.4, 0.5) is 0 Å². The van der Waals surface area contributed by atoms with Gasteiger partial charge in [-0.15, -0.1) is 0 Å². The minimum atomic E-state index is 0.0746. The van der Waals surface area contributed by atoms with Gasteiger partial charge in [0.05, 0.1) is 12.2 Å². The van der Waals surface area contributed by atoms with Crippen LogP contribution in [-0.2, 0) is 4.79 Å². The SMILES string of the molecule is CCC1NC(C2CCCC2)N(C)C1=O. The van der Waals surface area contributed by atoms with Crippen molar-refractivity contribution < 1.29 is 4.79 Å². The largest absolute Gasteiger partial charge is 0.329 e. The van der Waals surface area contributed by atoms with Crippen LogP contribution in [0.2, 0.25) is 0 Å². The van der Waals surface area contributed by atoms with Crippen LogP contribution in [-0.4, -0.2) is 30.1 Å². The van der Waals surface area contributed by atoms with Gasteiger partial charge in [-0.1, -0.05) is 19.8 Å². The number of nitrogens with zero attached hydrogens (tertiary/aromatic N) is 1. The molecular formula is C11H20N2O. The van der Waals surface area contributed by atoms with E-state index < -0.39 is 0 Å². The average molecular weight is 196 g/mol. The minimum absolute atomic E-state index is 0.0746. The lowest BCUT2D eigenvalue weighted by atomic mass is 10.0. The summed E-state index contributed by atoms with van der Waals surface area (Å²) in [6.45, 7) is 2.07. The molecule has 1 aliphatic carbocycles. The lowest BCUT2D eigenvalue weighted by Gasteiger charge is -2.25. The molecule has 0 bridgehead atoms. The molecule has 0 aromatic heterocycles. The Morgan fingerprint density at radius 1 is 1.43 bits per heavy atom. The van der Waals surface area contributed by atoms with Crippen molar-refractivity contribution in [1.29, 1.82) is 0 Å². The van der Waals surface area contributed by atoms with Crippen LogP contribution < -0.4 is 5.32 Å². The van der Waals surface area contributed by atoms with E-state index in [0.29, 0.717) is 12.1 Å². The molecule has 3 heteroatoms. The normalized spacial score (nSPS) is 34.4. The fourth-order valence-corrected chi connectivity index (χ4v) is 2.79. The molecule has 2 unspecified atom stereocenters. The number of carbonyl (C=O) groups is 1. The number of nitrogens with one attached hydrogen (secondary N) is 1. The van der Waals surface area contributed by atoms with Crippen LogP contribution in [0.25, 0.3) is 0 Å². The van der Waals surface area contributed by atoms with Gasteiger partial charge in [0, 0.05) is 7.05 Å². The summed E-state index contributed by atoms with van der Waals surface area (Å²) < 4.78 is 0. The first-order chi connectivity index (χ1) is 6.74. The predicted molar refractivity (Wildman–Crippen MR) is 55.7 cm³/mol. The van der Waals surface area contributed by atoms with Crippen molar-refractivity contribution in [3.8, 4) is 0 Å². The molecule has 1 N–H and O–H groups in total. The first-order valence-electron chi connectivity index (χ1n) is 5.76. The van der Waals surface area contributed by atoms with E-state index in [-0.39, 0.29) is 11.9 Å². The van der Waals surface area contributed by atoms with E-state index in [1.807, 2.05) is 11.9 Å². The molecule has 3 nitrogen and oxygen atoms in total. The van der Waals surface area contributed by atoms with E-state index in [1.165, 1.54) is 25.7 Å². The second-order valence-corrected chi connectivity index (χ2v) is 4.57. The molecule has 2 fully saturated rings. The first kappa shape index (κ1) is 9.97.